The van der Waals surface area contributed by atoms with Gasteiger partial charge in [0.2, 0.25) is 0 Å². The van der Waals surface area contributed by atoms with Gasteiger partial charge in [-0.05, 0) is 57.8 Å². The van der Waals surface area contributed by atoms with Crippen LogP contribution in [-0.4, -0.2) is 38.6 Å². The third-order valence-corrected chi connectivity index (χ3v) is 5.67. The summed E-state index contributed by atoms with van der Waals surface area (Å²) in [5.41, 5.74) is 1.04. The molecule has 0 atom stereocenters. The molecular weight excluding hydrogens is 274 g/mol. The maximum atomic E-state index is 12.1. The standard InChI is InChI=1S/C15H21NO3S/c1-12-4-6-15(7-5-12)20(17,18)19-14-10-13(11-14)16-8-2-3-9-16/h4-7,13-14H,2-3,8-11H2,1H3. The molecule has 1 saturated carbocycles. The Morgan fingerprint density at radius 3 is 2.30 bits per heavy atom. The van der Waals surface area contributed by atoms with Gasteiger partial charge in [-0.1, -0.05) is 17.7 Å². The molecule has 0 spiro atoms. The average Bonchev–Trinajstić information content (AvgIpc) is 2.87. The van der Waals surface area contributed by atoms with Gasteiger partial charge < -0.3 is 4.90 Å². The van der Waals surface area contributed by atoms with Crippen LogP contribution in [0, 0.1) is 6.92 Å². The van der Waals surface area contributed by atoms with Crippen LogP contribution in [0.5, 0.6) is 0 Å². The van der Waals surface area contributed by atoms with E-state index in [0.717, 1.165) is 31.5 Å². The number of hydrogen-bond acceptors (Lipinski definition) is 4. The molecule has 1 saturated heterocycles. The van der Waals surface area contributed by atoms with E-state index in [9.17, 15) is 8.42 Å². The highest BCUT2D eigenvalue weighted by Gasteiger charge is 2.38. The van der Waals surface area contributed by atoms with E-state index < -0.39 is 10.1 Å². The van der Waals surface area contributed by atoms with E-state index in [-0.39, 0.29) is 11.0 Å². The van der Waals surface area contributed by atoms with E-state index >= 15 is 0 Å². The Bertz CT molecular complexity index is 555. The van der Waals surface area contributed by atoms with E-state index in [2.05, 4.69) is 4.90 Å². The van der Waals surface area contributed by atoms with Crippen LogP contribution in [0.15, 0.2) is 29.2 Å². The summed E-state index contributed by atoms with van der Waals surface area (Å²) in [6.07, 6.45) is 4.07. The number of hydrogen-bond donors (Lipinski definition) is 0. The zero-order valence-electron chi connectivity index (χ0n) is 11.8. The first kappa shape index (κ1) is 14.0. The second kappa shape index (κ2) is 5.47. The van der Waals surface area contributed by atoms with Crippen molar-refractivity contribution < 1.29 is 12.6 Å². The van der Waals surface area contributed by atoms with Crippen LogP contribution in [0.2, 0.25) is 0 Å². The second-order valence-corrected chi connectivity index (χ2v) is 7.43. The first-order valence-corrected chi connectivity index (χ1v) is 8.69. The summed E-state index contributed by atoms with van der Waals surface area (Å²) >= 11 is 0. The fourth-order valence-electron chi connectivity index (χ4n) is 2.96. The lowest BCUT2D eigenvalue weighted by atomic mass is 9.88. The molecule has 110 valence electrons. The lowest BCUT2D eigenvalue weighted by Gasteiger charge is -2.40. The first-order chi connectivity index (χ1) is 9.54. The molecular formula is C15H21NO3S. The van der Waals surface area contributed by atoms with Crippen LogP contribution in [-0.2, 0) is 14.3 Å². The second-order valence-electron chi connectivity index (χ2n) is 5.85. The molecule has 4 nitrogen and oxygen atoms in total. The molecule has 1 heterocycles. The van der Waals surface area contributed by atoms with Crippen LogP contribution < -0.4 is 0 Å². The molecule has 0 N–H and O–H groups in total. The Balaban J connectivity index is 1.57. The number of nitrogens with zero attached hydrogens (tertiary/aromatic N) is 1. The largest absolute Gasteiger partial charge is 0.300 e. The van der Waals surface area contributed by atoms with E-state index in [4.69, 9.17) is 4.18 Å². The molecule has 20 heavy (non-hydrogen) atoms. The van der Waals surface area contributed by atoms with E-state index in [0.29, 0.717) is 6.04 Å². The van der Waals surface area contributed by atoms with Crippen LogP contribution in [0.4, 0.5) is 0 Å². The van der Waals surface area contributed by atoms with Crippen molar-refractivity contribution in [3.63, 3.8) is 0 Å². The van der Waals surface area contributed by atoms with Crippen LogP contribution in [0.25, 0.3) is 0 Å². The van der Waals surface area contributed by atoms with Gasteiger partial charge in [0.25, 0.3) is 10.1 Å². The lowest BCUT2D eigenvalue weighted by molar-refractivity contribution is 0.0325. The fourth-order valence-corrected chi connectivity index (χ4v) is 4.06. The number of rotatable bonds is 4. The predicted octanol–water partition coefficient (Wildman–Crippen LogP) is 2.33. The molecule has 0 aromatic heterocycles. The van der Waals surface area contributed by atoms with Gasteiger partial charge in [0.15, 0.2) is 0 Å². The summed E-state index contributed by atoms with van der Waals surface area (Å²) in [6, 6.07) is 7.34. The molecule has 5 heteroatoms. The molecule has 2 aliphatic rings. The molecule has 0 bridgehead atoms. The summed E-state index contributed by atoms with van der Waals surface area (Å²) < 4.78 is 29.6. The first-order valence-electron chi connectivity index (χ1n) is 7.28. The quantitative estimate of drug-likeness (QED) is 0.800. The third kappa shape index (κ3) is 2.90. The Morgan fingerprint density at radius 2 is 1.70 bits per heavy atom. The van der Waals surface area contributed by atoms with Gasteiger partial charge >= 0.3 is 0 Å². The predicted molar refractivity (Wildman–Crippen MR) is 77.1 cm³/mol. The van der Waals surface area contributed by atoms with E-state index in [1.54, 1.807) is 24.3 Å². The van der Waals surface area contributed by atoms with Crippen molar-refractivity contribution in [1.29, 1.82) is 0 Å². The molecule has 0 amide bonds. The normalized spacial score (nSPS) is 27.4. The monoisotopic (exact) mass is 295 g/mol. The Labute approximate surface area is 120 Å². The topological polar surface area (TPSA) is 46.6 Å². The molecule has 1 aromatic carbocycles. The number of aryl methyl sites for hydroxylation is 1. The van der Waals surface area contributed by atoms with Crippen molar-refractivity contribution in [2.45, 2.75) is 49.6 Å². The summed E-state index contributed by atoms with van der Waals surface area (Å²) in [7, 11) is -3.60. The average molecular weight is 295 g/mol. The highest BCUT2D eigenvalue weighted by Crippen LogP contribution is 2.32. The Morgan fingerprint density at radius 1 is 1.10 bits per heavy atom. The summed E-state index contributed by atoms with van der Waals surface area (Å²) in [5, 5.41) is 0. The highest BCUT2D eigenvalue weighted by atomic mass is 32.2. The van der Waals surface area contributed by atoms with Crippen LogP contribution in [0.1, 0.15) is 31.2 Å². The van der Waals surface area contributed by atoms with Crippen molar-refractivity contribution >= 4 is 10.1 Å². The fraction of sp³-hybridized carbons (Fsp3) is 0.600. The minimum atomic E-state index is -3.60. The molecule has 1 aromatic rings. The van der Waals surface area contributed by atoms with Gasteiger partial charge in [0.05, 0.1) is 11.0 Å². The molecule has 0 unspecified atom stereocenters. The van der Waals surface area contributed by atoms with Gasteiger partial charge in [-0.2, -0.15) is 8.42 Å². The SMILES string of the molecule is Cc1ccc(S(=O)(=O)OC2CC(N3CCCC3)C2)cc1. The number of likely N-dealkylation sites (tertiary alicyclic amines) is 1. The van der Waals surface area contributed by atoms with Gasteiger partial charge in [-0.25, -0.2) is 0 Å². The van der Waals surface area contributed by atoms with Crippen molar-refractivity contribution in [3.05, 3.63) is 29.8 Å². The van der Waals surface area contributed by atoms with Gasteiger partial charge in [0.1, 0.15) is 0 Å². The van der Waals surface area contributed by atoms with E-state index in [1.807, 2.05) is 6.92 Å². The van der Waals surface area contributed by atoms with Crippen molar-refractivity contribution in [1.82, 2.24) is 4.90 Å². The molecule has 2 fully saturated rings. The maximum Gasteiger partial charge on any atom is 0.297 e. The Kier molecular flexibility index (Phi) is 3.84. The third-order valence-electron chi connectivity index (χ3n) is 4.30. The van der Waals surface area contributed by atoms with Gasteiger partial charge in [0, 0.05) is 6.04 Å². The highest BCUT2D eigenvalue weighted by molar-refractivity contribution is 7.86. The van der Waals surface area contributed by atoms with Gasteiger partial charge in [-0.3, -0.25) is 4.18 Å². The summed E-state index contributed by atoms with van der Waals surface area (Å²) in [6.45, 7) is 4.24. The lowest BCUT2D eigenvalue weighted by Crippen LogP contribution is -2.47. The van der Waals surface area contributed by atoms with Crippen LogP contribution >= 0.6 is 0 Å². The van der Waals surface area contributed by atoms with Gasteiger partial charge in [-0.15, -0.1) is 0 Å². The molecule has 1 aliphatic carbocycles. The molecule has 0 radical (unpaired) electrons. The summed E-state index contributed by atoms with van der Waals surface area (Å²) in [5.74, 6) is 0. The van der Waals surface area contributed by atoms with Crippen LogP contribution in [0.3, 0.4) is 0 Å². The van der Waals surface area contributed by atoms with Crippen molar-refractivity contribution in [2.75, 3.05) is 13.1 Å². The minimum Gasteiger partial charge on any atom is -0.300 e. The molecule has 1 aliphatic heterocycles. The zero-order valence-corrected chi connectivity index (χ0v) is 12.6. The minimum absolute atomic E-state index is 0.146. The summed E-state index contributed by atoms with van der Waals surface area (Å²) in [4.78, 5) is 2.71. The molecule has 3 rings (SSSR count). The maximum absolute atomic E-state index is 12.1. The van der Waals surface area contributed by atoms with Crippen molar-refractivity contribution in [3.8, 4) is 0 Å². The number of benzene rings is 1. The zero-order chi connectivity index (χ0) is 14.2. The Hall–Kier alpha value is -0.910. The van der Waals surface area contributed by atoms with E-state index in [1.165, 1.54) is 12.8 Å². The smallest absolute Gasteiger partial charge is 0.297 e. The van der Waals surface area contributed by atoms with Crippen molar-refractivity contribution in [2.24, 2.45) is 0 Å².